The van der Waals surface area contributed by atoms with Gasteiger partial charge in [0.15, 0.2) is 0 Å². The molecule has 0 radical (unpaired) electrons. The molecule has 94 valence electrons. The van der Waals surface area contributed by atoms with Gasteiger partial charge < -0.3 is 20.1 Å². The summed E-state index contributed by atoms with van der Waals surface area (Å²) in [6.45, 7) is 4.75. The molecule has 2 N–H and O–H groups in total. The molecular weight excluding hydrogens is 208 g/mol. The van der Waals surface area contributed by atoms with Gasteiger partial charge >= 0.3 is 0 Å². The first-order valence-corrected chi connectivity index (χ1v) is 5.57. The Morgan fingerprint density at radius 2 is 2.19 bits per heavy atom. The van der Waals surface area contributed by atoms with Gasteiger partial charge in [0.05, 0.1) is 24.7 Å². The second-order valence-corrected chi connectivity index (χ2v) is 5.05. The molecule has 1 saturated heterocycles. The zero-order valence-electron chi connectivity index (χ0n) is 10.5. The van der Waals surface area contributed by atoms with Crippen molar-refractivity contribution in [3.8, 4) is 0 Å². The number of hydrogen-bond acceptors (Lipinski definition) is 4. The highest BCUT2D eigenvalue weighted by atomic mass is 16.5. The zero-order valence-corrected chi connectivity index (χ0v) is 10.5. The molecule has 0 aliphatic carbocycles. The van der Waals surface area contributed by atoms with Crippen LogP contribution in [0.1, 0.15) is 13.8 Å². The number of ether oxygens (including phenoxy) is 1. The van der Waals surface area contributed by atoms with E-state index < -0.39 is 5.60 Å². The van der Waals surface area contributed by atoms with Crippen LogP contribution in [0.4, 0.5) is 0 Å². The fraction of sp³-hybridized carbons (Fsp3) is 0.909. The second-order valence-electron chi connectivity index (χ2n) is 5.05. The third kappa shape index (κ3) is 3.43. The van der Waals surface area contributed by atoms with Crippen LogP contribution in [0, 0.1) is 5.92 Å². The van der Waals surface area contributed by atoms with Gasteiger partial charge in [-0.15, -0.1) is 0 Å². The molecular formula is C11H22N2O3. The average Bonchev–Trinajstić information content (AvgIpc) is 2.61. The summed E-state index contributed by atoms with van der Waals surface area (Å²) in [6, 6.07) is 0.0803. The fourth-order valence-electron chi connectivity index (χ4n) is 2.02. The number of nitrogens with one attached hydrogen (secondary N) is 1. The summed E-state index contributed by atoms with van der Waals surface area (Å²) in [6.07, 6.45) is 0. The van der Waals surface area contributed by atoms with E-state index in [1.165, 1.54) is 0 Å². The molecule has 1 amide bonds. The maximum absolute atomic E-state index is 12.1. The van der Waals surface area contributed by atoms with E-state index in [-0.39, 0.29) is 17.9 Å². The minimum Gasteiger partial charge on any atom is -0.389 e. The summed E-state index contributed by atoms with van der Waals surface area (Å²) in [7, 11) is 3.54. The van der Waals surface area contributed by atoms with E-state index in [4.69, 9.17) is 4.74 Å². The SMILES string of the molecule is CNC1COCC1C(=O)N(C)CC(C)(C)O. The summed E-state index contributed by atoms with van der Waals surface area (Å²) < 4.78 is 5.29. The number of amides is 1. The molecule has 1 rings (SSSR count). The Morgan fingerprint density at radius 1 is 1.56 bits per heavy atom. The molecule has 0 bridgehead atoms. The number of likely N-dealkylation sites (N-methyl/N-ethyl adjacent to an activating group) is 2. The average molecular weight is 230 g/mol. The van der Waals surface area contributed by atoms with Gasteiger partial charge in [-0.05, 0) is 20.9 Å². The summed E-state index contributed by atoms with van der Waals surface area (Å²) in [5.41, 5.74) is -0.862. The van der Waals surface area contributed by atoms with Gasteiger partial charge in [0.2, 0.25) is 5.91 Å². The number of aliphatic hydroxyl groups is 1. The lowest BCUT2D eigenvalue weighted by atomic mass is 10.0. The van der Waals surface area contributed by atoms with Crippen LogP contribution < -0.4 is 5.32 Å². The minimum absolute atomic E-state index is 0.0268. The fourth-order valence-corrected chi connectivity index (χ4v) is 2.02. The van der Waals surface area contributed by atoms with Crippen molar-refractivity contribution in [2.75, 3.05) is 33.9 Å². The van der Waals surface area contributed by atoms with E-state index in [0.717, 1.165) is 0 Å². The van der Waals surface area contributed by atoms with Crippen LogP contribution in [0.15, 0.2) is 0 Å². The molecule has 2 atom stereocenters. The number of carbonyl (C=O) groups is 1. The van der Waals surface area contributed by atoms with Gasteiger partial charge in [0.1, 0.15) is 0 Å². The van der Waals surface area contributed by atoms with Crippen molar-refractivity contribution in [1.82, 2.24) is 10.2 Å². The third-order valence-corrected chi connectivity index (χ3v) is 2.77. The van der Waals surface area contributed by atoms with Crippen molar-refractivity contribution in [3.05, 3.63) is 0 Å². The van der Waals surface area contributed by atoms with Crippen LogP contribution in [0.5, 0.6) is 0 Å². The predicted molar refractivity (Wildman–Crippen MR) is 61.1 cm³/mol. The van der Waals surface area contributed by atoms with Crippen molar-refractivity contribution in [2.45, 2.75) is 25.5 Å². The van der Waals surface area contributed by atoms with Crippen LogP contribution in [0.2, 0.25) is 0 Å². The summed E-state index contributed by atoms with van der Waals surface area (Å²) in [5.74, 6) is -0.115. The first kappa shape index (κ1) is 13.4. The monoisotopic (exact) mass is 230 g/mol. The summed E-state index contributed by atoms with van der Waals surface area (Å²) in [4.78, 5) is 13.7. The molecule has 1 aliphatic heterocycles. The molecule has 1 fully saturated rings. The molecule has 1 aliphatic rings. The third-order valence-electron chi connectivity index (χ3n) is 2.77. The Hall–Kier alpha value is -0.650. The van der Waals surface area contributed by atoms with Crippen LogP contribution >= 0.6 is 0 Å². The molecule has 2 unspecified atom stereocenters. The molecule has 0 aromatic rings. The Balaban J connectivity index is 2.56. The predicted octanol–water partition coefficient (Wildman–Crippen LogP) is -0.550. The number of rotatable bonds is 4. The molecule has 0 saturated carbocycles. The van der Waals surface area contributed by atoms with Gasteiger partial charge in [-0.25, -0.2) is 0 Å². The Labute approximate surface area is 96.8 Å². The number of hydrogen-bond donors (Lipinski definition) is 2. The first-order valence-electron chi connectivity index (χ1n) is 5.57. The molecule has 0 spiro atoms. The Morgan fingerprint density at radius 3 is 2.69 bits per heavy atom. The van der Waals surface area contributed by atoms with Crippen molar-refractivity contribution in [1.29, 1.82) is 0 Å². The quantitative estimate of drug-likeness (QED) is 0.680. The first-order chi connectivity index (χ1) is 7.35. The Bertz CT molecular complexity index is 250. The summed E-state index contributed by atoms with van der Waals surface area (Å²) in [5, 5.41) is 12.7. The van der Waals surface area contributed by atoms with E-state index in [1.807, 2.05) is 7.05 Å². The van der Waals surface area contributed by atoms with Crippen molar-refractivity contribution < 1.29 is 14.6 Å². The van der Waals surface area contributed by atoms with E-state index in [1.54, 1.807) is 25.8 Å². The molecule has 16 heavy (non-hydrogen) atoms. The van der Waals surface area contributed by atoms with Crippen LogP contribution in [0.3, 0.4) is 0 Å². The van der Waals surface area contributed by atoms with Gasteiger partial charge in [-0.2, -0.15) is 0 Å². The van der Waals surface area contributed by atoms with Crippen LogP contribution in [0.25, 0.3) is 0 Å². The summed E-state index contributed by atoms with van der Waals surface area (Å²) >= 11 is 0. The lowest BCUT2D eigenvalue weighted by Crippen LogP contribution is -2.47. The van der Waals surface area contributed by atoms with Gasteiger partial charge in [0.25, 0.3) is 0 Å². The second kappa shape index (κ2) is 5.12. The van der Waals surface area contributed by atoms with Crippen LogP contribution in [-0.2, 0) is 9.53 Å². The van der Waals surface area contributed by atoms with Crippen molar-refractivity contribution in [2.24, 2.45) is 5.92 Å². The standard InChI is InChI=1S/C11H22N2O3/c1-11(2,15)7-13(4)10(14)8-5-16-6-9(8)12-3/h8-9,12,15H,5-7H2,1-4H3. The maximum atomic E-state index is 12.1. The molecule has 0 aromatic carbocycles. The highest BCUT2D eigenvalue weighted by Crippen LogP contribution is 2.17. The van der Waals surface area contributed by atoms with Gasteiger partial charge in [0, 0.05) is 19.6 Å². The molecule has 0 aromatic heterocycles. The maximum Gasteiger partial charge on any atom is 0.229 e. The van der Waals surface area contributed by atoms with E-state index in [2.05, 4.69) is 5.32 Å². The normalized spacial score (nSPS) is 25.8. The molecule has 5 nitrogen and oxygen atoms in total. The van der Waals surface area contributed by atoms with Crippen molar-refractivity contribution >= 4 is 5.91 Å². The highest BCUT2D eigenvalue weighted by molar-refractivity contribution is 5.79. The number of nitrogens with zero attached hydrogens (tertiary/aromatic N) is 1. The van der Waals surface area contributed by atoms with Crippen LogP contribution in [-0.4, -0.2) is 61.4 Å². The van der Waals surface area contributed by atoms with Gasteiger partial charge in [-0.3, -0.25) is 4.79 Å². The smallest absolute Gasteiger partial charge is 0.229 e. The molecule has 1 heterocycles. The van der Waals surface area contributed by atoms with E-state index >= 15 is 0 Å². The highest BCUT2D eigenvalue weighted by Gasteiger charge is 2.35. The topological polar surface area (TPSA) is 61.8 Å². The molecule has 5 heteroatoms. The van der Waals surface area contributed by atoms with Crippen molar-refractivity contribution in [3.63, 3.8) is 0 Å². The zero-order chi connectivity index (χ0) is 12.3. The minimum atomic E-state index is -0.862. The number of carbonyl (C=O) groups excluding carboxylic acids is 1. The Kier molecular flexibility index (Phi) is 4.29. The largest absolute Gasteiger partial charge is 0.389 e. The van der Waals surface area contributed by atoms with Gasteiger partial charge in [-0.1, -0.05) is 0 Å². The lowest BCUT2D eigenvalue weighted by molar-refractivity contribution is -0.137. The van der Waals surface area contributed by atoms with E-state index in [0.29, 0.717) is 19.8 Å². The van der Waals surface area contributed by atoms with E-state index in [9.17, 15) is 9.90 Å². The lowest BCUT2D eigenvalue weighted by Gasteiger charge is -2.28.